The number of nitriles is 1. The second-order valence-electron chi connectivity index (χ2n) is 5.64. The highest BCUT2D eigenvalue weighted by atomic mass is 16.3. The zero-order chi connectivity index (χ0) is 14.8. The van der Waals surface area contributed by atoms with E-state index in [1.165, 1.54) is 14.0 Å². The number of amides is 2. The van der Waals surface area contributed by atoms with Crippen molar-refractivity contribution >= 4 is 11.8 Å². The molecule has 4 N–H and O–H groups in total. The summed E-state index contributed by atoms with van der Waals surface area (Å²) < 4.78 is 0. The summed E-state index contributed by atoms with van der Waals surface area (Å²) in [6, 6.07) is 1.85. The molecule has 7 heteroatoms. The summed E-state index contributed by atoms with van der Waals surface area (Å²) in [6.07, 6.45) is 0. The number of nitrogens with one attached hydrogen (secondary N) is 1. The first kappa shape index (κ1) is 13.4. The van der Waals surface area contributed by atoms with Gasteiger partial charge in [0.2, 0.25) is 11.8 Å². The fourth-order valence-electron chi connectivity index (χ4n) is 2.88. The molecule has 0 aromatic carbocycles. The van der Waals surface area contributed by atoms with Crippen molar-refractivity contribution in [3.8, 4) is 6.07 Å². The summed E-state index contributed by atoms with van der Waals surface area (Å²) in [4.78, 5) is 25.9. The van der Waals surface area contributed by atoms with Crippen LogP contribution in [0.15, 0.2) is 11.4 Å². The zero-order valence-corrected chi connectivity index (χ0v) is 11.2. The highest BCUT2D eigenvalue weighted by Gasteiger charge is 2.75. The van der Waals surface area contributed by atoms with E-state index in [-0.39, 0.29) is 11.4 Å². The Morgan fingerprint density at radius 2 is 1.89 bits per heavy atom. The first-order valence-corrected chi connectivity index (χ1v) is 5.79. The van der Waals surface area contributed by atoms with Crippen LogP contribution in [0.4, 0.5) is 0 Å². The number of hydrogen-bond acceptors (Lipinski definition) is 5. The third-order valence-electron chi connectivity index (χ3n) is 4.58. The maximum Gasteiger partial charge on any atom is 0.249 e. The fraction of sp³-hybridized carbons (Fsp3) is 0.583. The van der Waals surface area contributed by atoms with Crippen LogP contribution >= 0.6 is 0 Å². The molecule has 2 heterocycles. The minimum atomic E-state index is -1.77. The minimum absolute atomic E-state index is 0.0478. The van der Waals surface area contributed by atoms with E-state index in [1.54, 1.807) is 13.8 Å². The number of nitrogens with two attached hydrogens (primary N) is 1. The lowest BCUT2D eigenvalue weighted by Gasteiger charge is -2.39. The fourth-order valence-corrected chi connectivity index (χ4v) is 2.88. The van der Waals surface area contributed by atoms with Gasteiger partial charge in [-0.2, -0.15) is 5.26 Å². The molecule has 0 aromatic rings. The standard InChI is InChI=1S/C12H16N4O3/c1-10(2)11(3,19)15-8(17)12(10)6(5-13)7(14)16(4)9(12)18/h19H,14H2,1-4H3,(H,15,17)/t11-,12+/m0/s1. The molecule has 0 saturated carbocycles. The molecule has 0 aromatic heterocycles. The number of nitrogens with zero attached hydrogens (tertiary/aromatic N) is 2. The number of carbonyl (C=O) groups excluding carboxylic acids is 2. The van der Waals surface area contributed by atoms with Gasteiger partial charge in [0.25, 0.3) is 0 Å². The molecule has 19 heavy (non-hydrogen) atoms. The molecule has 1 saturated heterocycles. The third kappa shape index (κ3) is 1.10. The molecule has 0 radical (unpaired) electrons. The van der Waals surface area contributed by atoms with Crippen LogP contribution < -0.4 is 11.1 Å². The zero-order valence-electron chi connectivity index (χ0n) is 11.2. The Morgan fingerprint density at radius 1 is 1.37 bits per heavy atom. The summed E-state index contributed by atoms with van der Waals surface area (Å²) in [7, 11) is 1.40. The van der Waals surface area contributed by atoms with Gasteiger partial charge < -0.3 is 16.2 Å². The van der Waals surface area contributed by atoms with Crippen molar-refractivity contribution in [3.05, 3.63) is 11.4 Å². The molecule has 0 aliphatic carbocycles. The SMILES string of the molecule is CN1C(=O)[C@]2(C(=O)N[C@@](C)(O)C2(C)C)C(C#N)=C1N. The van der Waals surface area contributed by atoms with Crippen LogP contribution in [-0.2, 0) is 9.59 Å². The van der Waals surface area contributed by atoms with E-state index >= 15 is 0 Å². The van der Waals surface area contributed by atoms with Crippen LogP contribution in [-0.4, -0.2) is 34.6 Å². The second-order valence-corrected chi connectivity index (χ2v) is 5.64. The number of rotatable bonds is 0. The van der Waals surface area contributed by atoms with Crippen molar-refractivity contribution in [2.45, 2.75) is 26.5 Å². The second kappa shape index (κ2) is 3.27. The lowest BCUT2D eigenvalue weighted by Crippen LogP contribution is -2.53. The molecule has 2 aliphatic rings. The van der Waals surface area contributed by atoms with E-state index < -0.39 is 28.4 Å². The van der Waals surface area contributed by atoms with E-state index in [0.717, 1.165) is 4.90 Å². The van der Waals surface area contributed by atoms with E-state index in [4.69, 9.17) is 5.73 Å². The van der Waals surface area contributed by atoms with Gasteiger partial charge in [0, 0.05) is 12.5 Å². The molecule has 0 bridgehead atoms. The molecule has 1 spiro atoms. The Bertz CT molecular complexity index is 570. The highest BCUT2D eigenvalue weighted by Crippen LogP contribution is 2.58. The van der Waals surface area contributed by atoms with Crippen molar-refractivity contribution in [2.24, 2.45) is 16.6 Å². The van der Waals surface area contributed by atoms with Gasteiger partial charge in [0.1, 0.15) is 17.6 Å². The molecular weight excluding hydrogens is 248 g/mol. The van der Waals surface area contributed by atoms with Crippen molar-refractivity contribution in [1.82, 2.24) is 10.2 Å². The van der Waals surface area contributed by atoms with Gasteiger partial charge in [-0.05, 0) is 6.92 Å². The van der Waals surface area contributed by atoms with Gasteiger partial charge in [-0.25, -0.2) is 0 Å². The first-order chi connectivity index (χ1) is 8.55. The van der Waals surface area contributed by atoms with E-state index in [2.05, 4.69) is 5.32 Å². The molecule has 0 unspecified atom stereocenters. The summed E-state index contributed by atoms with van der Waals surface area (Å²) >= 11 is 0. The van der Waals surface area contributed by atoms with E-state index in [9.17, 15) is 20.0 Å². The summed E-state index contributed by atoms with van der Waals surface area (Å²) in [5.41, 5.74) is 1.03. The van der Waals surface area contributed by atoms with Crippen molar-refractivity contribution in [3.63, 3.8) is 0 Å². The average molecular weight is 264 g/mol. The Hall–Kier alpha value is -2.07. The van der Waals surface area contributed by atoms with Crippen LogP contribution in [0.25, 0.3) is 0 Å². The Morgan fingerprint density at radius 3 is 2.26 bits per heavy atom. The normalized spacial score (nSPS) is 36.9. The summed E-state index contributed by atoms with van der Waals surface area (Å²) in [5.74, 6) is -1.34. The van der Waals surface area contributed by atoms with Crippen LogP contribution in [0.1, 0.15) is 20.8 Å². The number of carbonyl (C=O) groups is 2. The maximum absolute atomic E-state index is 12.5. The van der Waals surface area contributed by atoms with Crippen LogP contribution in [0.5, 0.6) is 0 Å². The monoisotopic (exact) mass is 264 g/mol. The molecule has 2 atom stereocenters. The molecule has 2 aliphatic heterocycles. The maximum atomic E-state index is 12.5. The first-order valence-electron chi connectivity index (χ1n) is 5.79. The molecular formula is C12H16N4O3. The highest BCUT2D eigenvalue weighted by molar-refractivity contribution is 6.14. The lowest BCUT2D eigenvalue weighted by molar-refractivity contribution is -0.149. The smallest absolute Gasteiger partial charge is 0.249 e. The molecule has 2 amide bonds. The van der Waals surface area contributed by atoms with E-state index in [0.29, 0.717) is 0 Å². The number of hydrogen-bond donors (Lipinski definition) is 3. The molecule has 2 rings (SSSR count). The topological polar surface area (TPSA) is 119 Å². The van der Waals surface area contributed by atoms with Gasteiger partial charge in [-0.1, -0.05) is 13.8 Å². The van der Waals surface area contributed by atoms with Gasteiger partial charge in [-0.15, -0.1) is 0 Å². The predicted molar refractivity (Wildman–Crippen MR) is 64.6 cm³/mol. The number of aliphatic hydroxyl groups is 1. The average Bonchev–Trinajstić information content (AvgIpc) is 2.57. The Kier molecular flexibility index (Phi) is 2.30. The van der Waals surface area contributed by atoms with Crippen molar-refractivity contribution in [2.75, 3.05) is 7.05 Å². The van der Waals surface area contributed by atoms with Gasteiger partial charge in [-0.3, -0.25) is 14.5 Å². The van der Waals surface area contributed by atoms with Gasteiger partial charge in [0.05, 0.1) is 5.57 Å². The lowest BCUT2D eigenvalue weighted by atomic mass is 9.60. The van der Waals surface area contributed by atoms with Crippen LogP contribution in [0.2, 0.25) is 0 Å². The van der Waals surface area contributed by atoms with Crippen molar-refractivity contribution < 1.29 is 14.7 Å². The molecule has 102 valence electrons. The van der Waals surface area contributed by atoms with Crippen molar-refractivity contribution in [1.29, 1.82) is 5.26 Å². The van der Waals surface area contributed by atoms with E-state index in [1.807, 2.05) is 6.07 Å². The Balaban J connectivity index is 2.84. The quantitative estimate of drug-likeness (QED) is 0.485. The van der Waals surface area contributed by atoms with Gasteiger partial charge >= 0.3 is 0 Å². The van der Waals surface area contributed by atoms with Crippen LogP contribution in [0, 0.1) is 22.2 Å². The minimum Gasteiger partial charge on any atom is -0.384 e. The van der Waals surface area contributed by atoms with Gasteiger partial charge in [0.15, 0.2) is 5.41 Å². The third-order valence-corrected chi connectivity index (χ3v) is 4.58. The molecule has 1 fully saturated rings. The summed E-state index contributed by atoms with van der Waals surface area (Å²) in [5, 5.41) is 22.0. The summed E-state index contributed by atoms with van der Waals surface area (Å²) in [6.45, 7) is 4.52. The Labute approximate surface area is 110 Å². The largest absolute Gasteiger partial charge is 0.384 e. The molecule has 7 nitrogen and oxygen atoms in total. The predicted octanol–water partition coefficient (Wildman–Crippen LogP) is -0.997. The van der Waals surface area contributed by atoms with Crippen LogP contribution in [0.3, 0.4) is 0 Å².